The van der Waals surface area contributed by atoms with E-state index < -0.39 is 0 Å². The Labute approximate surface area is 228 Å². The molecule has 1 saturated heterocycles. The highest BCUT2D eigenvalue weighted by molar-refractivity contribution is 5.99. The van der Waals surface area contributed by atoms with Gasteiger partial charge in [-0.05, 0) is 47.9 Å². The number of carbonyl (C=O) groups excluding carboxylic acids is 1. The summed E-state index contributed by atoms with van der Waals surface area (Å²) in [5.74, 6) is 0.218. The number of aliphatic hydroxyl groups is 1. The second-order valence-electron chi connectivity index (χ2n) is 9.60. The lowest BCUT2D eigenvalue weighted by Gasteiger charge is -2.13. The van der Waals surface area contributed by atoms with E-state index in [1.54, 1.807) is 6.20 Å². The number of hydrogen-bond acceptors (Lipinski definition) is 8. The number of hydrogen-bond donors (Lipinski definition) is 3. The Hall–Kier alpha value is -3.89. The van der Waals surface area contributed by atoms with Crippen molar-refractivity contribution in [3.63, 3.8) is 0 Å². The van der Waals surface area contributed by atoms with E-state index in [1.165, 1.54) is 6.08 Å². The third-order valence-electron chi connectivity index (χ3n) is 6.41. The van der Waals surface area contributed by atoms with E-state index in [4.69, 9.17) is 14.5 Å². The first-order valence-corrected chi connectivity index (χ1v) is 13.1. The first kappa shape index (κ1) is 26.7. The lowest BCUT2D eigenvalue weighted by Crippen LogP contribution is -2.22. The molecule has 202 valence electrons. The van der Waals surface area contributed by atoms with Crippen molar-refractivity contribution in [2.24, 2.45) is 0 Å². The number of aliphatic hydroxyl groups excluding tert-OH is 1. The van der Waals surface area contributed by atoms with Crippen molar-refractivity contribution in [1.29, 1.82) is 0 Å². The molecular formula is C30H33N5O4. The van der Waals surface area contributed by atoms with E-state index in [-0.39, 0.29) is 12.0 Å². The minimum atomic E-state index is -0.279. The van der Waals surface area contributed by atoms with Crippen LogP contribution in [0.3, 0.4) is 0 Å². The van der Waals surface area contributed by atoms with Crippen LogP contribution in [0.25, 0.3) is 11.3 Å². The molecule has 0 saturated carbocycles. The van der Waals surface area contributed by atoms with Crippen LogP contribution < -0.4 is 10.6 Å². The fraction of sp³-hybridized carbons (Fsp3) is 0.300. The summed E-state index contributed by atoms with van der Waals surface area (Å²) >= 11 is 0. The number of fused-ring (bicyclic) bond motifs is 7. The molecule has 1 fully saturated rings. The van der Waals surface area contributed by atoms with Crippen LogP contribution in [0, 0.1) is 0 Å². The van der Waals surface area contributed by atoms with Crippen LogP contribution in [-0.2, 0) is 27.5 Å². The summed E-state index contributed by atoms with van der Waals surface area (Å²) < 4.78 is 11.6. The van der Waals surface area contributed by atoms with Gasteiger partial charge >= 0.3 is 0 Å². The highest BCUT2D eigenvalue weighted by Gasteiger charge is 2.18. The predicted molar refractivity (Wildman–Crippen MR) is 150 cm³/mol. The molecule has 9 nitrogen and oxygen atoms in total. The first-order valence-electron chi connectivity index (χ1n) is 13.1. The van der Waals surface area contributed by atoms with Crippen molar-refractivity contribution < 1.29 is 19.4 Å². The topological polar surface area (TPSA) is 109 Å². The van der Waals surface area contributed by atoms with Gasteiger partial charge in [0.25, 0.3) is 0 Å². The number of rotatable bonds is 4. The van der Waals surface area contributed by atoms with Gasteiger partial charge in [0.15, 0.2) is 0 Å². The monoisotopic (exact) mass is 527 g/mol. The number of carbonyl (C=O) groups is 1. The Morgan fingerprint density at radius 3 is 2.77 bits per heavy atom. The molecular weight excluding hydrogens is 494 g/mol. The minimum Gasteiger partial charge on any atom is -0.392 e. The van der Waals surface area contributed by atoms with Crippen molar-refractivity contribution in [3.05, 3.63) is 90.2 Å². The van der Waals surface area contributed by atoms with Gasteiger partial charge in [-0.15, -0.1) is 0 Å². The number of likely N-dealkylation sites (tertiary alicyclic amines) is 1. The lowest BCUT2D eigenvalue weighted by molar-refractivity contribution is -0.111. The molecule has 39 heavy (non-hydrogen) atoms. The summed E-state index contributed by atoms with van der Waals surface area (Å²) in [4.78, 5) is 23.9. The van der Waals surface area contributed by atoms with Crippen LogP contribution in [0.4, 0.5) is 17.3 Å². The van der Waals surface area contributed by atoms with E-state index in [0.29, 0.717) is 51.2 Å². The van der Waals surface area contributed by atoms with Crippen molar-refractivity contribution in [2.75, 3.05) is 43.5 Å². The van der Waals surface area contributed by atoms with E-state index in [0.717, 1.165) is 41.0 Å². The van der Waals surface area contributed by atoms with Gasteiger partial charge in [0.2, 0.25) is 11.9 Å². The molecule has 2 aliphatic heterocycles. The summed E-state index contributed by atoms with van der Waals surface area (Å²) in [5.41, 5.74) is 5.08. The van der Waals surface area contributed by atoms with E-state index in [2.05, 4.69) is 26.6 Å². The molecule has 6 bridgehead atoms. The van der Waals surface area contributed by atoms with E-state index in [1.807, 2.05) is 60.7 Å². The zero-order valence-electron chi connectivity index (χ0n) is 21.8. The summed E-state index contributed by atoms with van der Waals surface area (Å²) in [6.07, 6.45) is 9.44. The Bertz CT molecular complexity index is 1340. The summed E-state index contributed by atoms with van der Waals surface area (Å²) in [6.45, 7) is 3.90. The molecule has 0 radical (unpaired) electrons. The fourth-order valence-electron chi connectivity index (χ4n) is 4.55. The second-order valence-corrected chi connectivity index (χ2v) is 9.60. The van der Waals surface area contributed by atoms with Gasteiger partial charge in [-0.25, -0.2) is 9.97 Å². The maximum absolute atomic E-state index is 12.6. The van der Waals surface area contributed by atoms with E-state index >= 15 is 0 Å². The quantitative estimate of drug-likeness (QED) is 0.345. The Balaban J connectivity index is 1.35. The predicted octanol–water partition coefficient (Wildman–Crippen LogP) is 4.05. The molecule has 1 atom stereocenters. The molecule has 2 aliphatic rings. The zero-order valence-corrected chi connectivity index (χ0v) is 21.8. The molecule has 1 aromatic heterocycles. The summed E-state index contributed by atoms with van der Waals surface area (Å²) in [6, 6.07) is 15.7. The summed E-state index contributed by atoms with van der Waals surface area (Å²) in [5, 5.41) is 15.9. The van der Waals surface area contributed by atoms with Crippen molar-refractivity contribution >= 4 is 23.2 Å². The molecule has 3 N–H and O–H groups in total. The fourth-order valence-corrected chi connectivity index (χ4v) is 4.55. The van der Waals surface area contributed by atoms with Crippen LogP contribution in [0.2, 0.25) is 0 Å². The lowest BCUT2D eigenvalue weighted by atomic mass is 10.1. The van der Waals surface area contributed by atoms with Gasteiger partial charge in [-0.1, -0.05) is 36.4 Å². The van der Waals surface area contributed by atoms with Gasteiger partial charge in [-0.3, -0.25) is 9.69 Å². The van der Waals surface area contributed by atoms with Gasteiger partial charge in [0.05, 0.1) is 38.2 Å². The number of aromatic nitrogens is 2. The number of β-amino-alcohol motifs (C(OH)–C–C–N with tert-alkyl or cyclic N) is 1. The van der Waals surface area contributed by atoms with Gasteiger partial charge in [-0.2, -0.15) is 0 Å². The first-order chi connectivity index (χ1) is 19.1. The Kier molecular flexibility index (Phi) is 9.08. The second kappa shape index (κ2) is 13.3. The molecule has 3 heterocycles. The number of anilines is 3. The zero-order chi connectivity index (χ0) is 26.9. The number of ether oxygens (including phenoxy) is 2. The average molecular weight is 528 g/mol. The molecule has 0 spiro atoms. The third-order valence-corrected chi connectivity index (χ3v) is 6.41. The van der Waals surface area contributed by atoms with Crippen molar-refractivity contribution in [1.82, 2.24) is 14.9 Å². The molecule has 9 heteroatoms. The standard InChI is InChI=1S/C30H33N5O4/c36-27-9-12-35(19-27)11-4-7-29(37)32-25-16-23-17-26(18-25)33-30-31-10-8-28(34-30)24-6-3-5-22(15-24)20-38-13-1-2-14-39-21-23/h1-8,10,15-18,27,36H,9,11-14,19-21H2,(H,32,37)(H,31,33,34)/b2-1+,7-4+. The Morgan fingerprint density at radius 1 is 1.10 bits per heavy atom. The van der Waals surface area contributed by atoms with Crippen LogP contribution in [-0.4, -0.2) is 64.8 Å². The average Bonchev–Trinajstić information content (AvgIpc) is 3.34. The van der Waals surface area contributed by atoms with Crippen molar-refractivity contribution in [3.8, 4) is 11.3 Å². The molecule has 0 aliphatic carbocycles. The number of amides is 1. The van der Waals surface area contributed by atoms with E-state index in [9.17, 15) is 9.90 Å². The van der Waals surface area contributed by atoms with Crippen LogP contribution in [0.15, 0.2) is 79.0 Å². The largest absolute Gasteiger partial charge is 0.392 e. The van der Waals surface area contributed by atoms with Crippen LogP contribution >= 0.6 is 0 Å². The highest BCUT2D eigenvalue weighted by Crippen LogP contribution is 2.24. The van der Waals surface area contributed by atoms with Crippen LogP contribution in [0.5, 0.6) is 0 Å². The molecule has 5 rings (SSSR count). The molecule has 1 amide bonds. The normalized spacial score (nSPS) is 19.2. The SMILES string of the molecule is O=C(/C=C/CN1CCC(O)C1)Nc1cc2cc(c1)Nc1nccc(n1)-c1cccc(c1)COC/C=C/COC2. The Morgan fingerprint density at radius 2 is 1.95 bits per heavy atom. The number of benzene rings is 2. The van der Waals surface area contributed by atoms with Gasteiger partial charge in [0.1, 0.15) is 0 Å². The van der Waals surface area contributed by atoms with Crippen molar-refractivity contribution in [2.45, 2.75) is 25.7 Å². The van der Waals surface area contributed by atoms with Crippen LogP contribution in [0.1, 0.15) is 17.5 Å². The molecule has 2 aromatic carbocycles. The summed E-state index contributed by atoms with van der Waals surface area (Å²) in [7, 11) is 0. The minimum absolute atomic E-state index is 0.228. The highest BCUT2D eigenvalue weighted by atomic mass is 16.5. The van der Waals surface area contributed by atoms with Gasteiger partial charge in [0, 0.05) is 48.8 Å². The molecule has 3 aromatic rings. The maximum Gasteiger partial charge on any atom is 0.248 e. The third kappa shape index (κ3) is 8.05. The smallest absolute Gasteiger partial charge is 0.248 e. The number of nitrogens with zero attached hydrogens (tertiary/aromatic N) is 3. The number of nitrogens with one attached hydrogen (secondary N) is 2. The van der Waals surface area contributed by atoms with Gasteiger partial charge < -0.3 is 25.2 Å². The maximum atomic E-state index is 12.6. The molecule has 1 unspecified atom stereocenters.